The van der Waals surface area contributed by atoms with Crippen molar-refractivity contribution in [1.29, 1.82) is 0 Å². The molecule has 2 aliphatic heterocycles. The summed E-state index contributed by atoms with van der Waals surface area (Å²) in [6.45, 7) is 7.71. The highest BCUT2D eigenvalue weighted by molar-refractivity contribution is 7.17. The summed E-state index contributed by atoms with van der Waals surface area (Å²) in [6.07, 6.45) is 1.74. The van der Waals surface area contributed by atoms with Gasteiger partial charge in [-0.3, -0.25) is 4.79 Å². The number of anilines is 2. The second kappa shape index (κ2) is 8.00. The highest BCUT2D eigenvalue weighted by Crippen LogP contribution is 2.29. The summed E-state index contributed by atoms with van der Waals surface area (Å²) in [7, 11) is 0. The Morgan fingerprint density at radius 3 is 2.59 bits per heavy atom. The Balaban J connectivity index is 1.42. The van der Waals surface area contributed by atoms with Gasteiger partial charge in [-0.2, -0.15) is 0 Å². The fourth-order valence-electron chi connectivity index (χ4n) is 3.35. The topological polar surface area (TPSA) is 61.8 Å². The van der Waals surface area contributed by atoms with Crippen LogP contribution >= 0.6 is 22.9 Å². The lowest BCUT2D eigenvalue weighted by molar-refractivity contribution is 0.0750. The molecular formula is C18H22ClN5O2S. The van der Waals surface area contributed by atoms with Crippen molar-refractivity contribution in [3.05, 3.63) is 33.9 Å². The molecule has 9 heteroatoms. The molecule has 0 aliphatic carbocycles. The van der Waals surface area contributed by atoms with Crippen LogP contribution in [0.1, 0.15) is 15.4 Å². The van der Waals surface area contributed by atoms with Gasteiger partial charge in [0.2, 0.25) is 0 Å². The number of morpholine rings is 1. The maximum absolute atomic E-state index is 13.0. The van der Waals surface area contributed by atoms with Crippen molar-refractivity contribution in [3.8, 4) is 0 Å². The summed E-state index contributed by atoms with van der Waals surface area (Å²) < 4.78 is 5.40. The van der Waals surface area contributed by atoms with E-state index in [1.807, 2.05) is 24.0 Å². The predicted octanol–water partition coefficient (Wildman–Crippen LogP) is 2.30. The van der Waals surface area contributed by atoms with Crippen molar-refractivity contribution in [2.45, 2.75) is 6.92 Å². The van der Waals surface area contributed by atoms with Crippen LogP contribution in [0.15, 0.2) is 18.3 Å². The molecule has 0 unspecified atom stereocenters. The van der Waals surface area contributed by atoms with E-state index in [1.54, 1.807) is 6.20 Å². The number of carbonyl (C=O) groups is 1. The molecule has 144 valence electrons. The first-order valence-corrected chi connectivity index (χ1v) is 10.3. The molecule has 0 saturated carbocycles. The molecule has 0 N–H and O–H groups in total. The van der Waals surface area contributed by atoms with Gasteiger partial charge in [-0.15, -0.1) is 0 Å². The largest absolute Gasteiger partial charge is 0.378 e. The molecule has 4 rings (SSSR count). The second-order valence-corrected chi connectivity index (χ2v) is 7.98. The molecule has 2 aliphatic rings. The van der Waals surface area contributed by atoms with E-state index in [1.165, 1.54) is 11.3 Å². The predicted molar refractivity (Wildman–Crippen MR) is 107 cm³/mol. The van der Waals surface area contributed by atoms with Gasteiger partial charge in [0.1, 0.15) is 10.7 Å². The first kappa shape index (κ1) is 18.5. The van der Waals surface area contributed by atoms with Crippen molar-refractivity contribution in [3.63, 3.8) is 0 Å². The fraction of sp³-hybridized carbons (Fsp3) is 0.500. The smallest absolute Gasteiger partial charge is 0.266 e. The van der Waals surface area contributed by atoms with Gasteiger partial charge in [0, 0.05) is 45.5 Å². The van der Waals surface area contributed by atoms with Crippen LogP contribution in [0.4, 0.5) is 10.9 Å². The minimum Gasteiger partial charge on any atom is -0.378 e. The first-order valence-electron chi connectivity index (χ1n) is 9.08. The number of ether oxygens (including phenoxy) is 1. The van der Waals surface area contributed by atoms with Crippen molar-refractivity contribution < 1.29 is 9.53 Å². The molecule has 0 atom stereocenters. The van der Waals surface area contributed by atoms with Gasteiger partial charge in [-0.05, 0) is 19.1 Å². The number of amides is 1. The number of pyridine rings is 1. The quantitative estimate of drug-likeness (QED) is 0.778. The number of rotatable bonds is 3. The molecule has 0 radical (unpaired) electrons. The lowest BCUT2D eigenvalue weighted by Crippen LogP contribution is -2.49. The van der Waals surface area contributed by atoms with Crippen LogP contribution in [0.3, 0.4) is 0 Å². The van der Waals surface area contributed by atoms with E-state index in [9.17, 15) is 4.79 Å². The third-order valence-electron chi connectivity index (χ3n) is 4.87. The third kappa shape index (κ3) is 3.88. The van der Waals surface area contributed by atoms with Gasteiger partial charge in [0.25, 0.3) is 5.91 Å². The third-order valence-corrected chi connectivity index (χ3v) is 6.37. The molecule has 2 aromatic rings. The Morgan fingerprint density at radius 2 is 1.89 bits per heavy atom. The van der Waals surface area contributed by atoms with E-state index in [2.05, 4.69) is 19.8 Å². The molecule has 0 spiro atoms. The molecule has 4 heterocycles. The minimum atomic E-state index is 0.0660. The molecule has 27 heavy (non-hydrogen) atoms. The fourth-order valence-corrected chi connectivity index (χ4v) is 4.67. The number of hydrogen-bond donors (Lipinski definition) is 0. The first-order chi connectivity index (χ1) is 13.1. The summed E-state index contributed by atoms with van der Waals surface area (Å²) in [5, 5.41) is 1.56. The molecule has 2 fully saturated rings. The number of carbonyl (C=O) groups excluding carboxylic acids is 1. The molecular weight excluding hydrogens is 386 g/mol. The average Bonchev–Trinajstić information content (AvgIpc) is 3.10. The van der Waals surface area contributed by atoms with Crippen molar-refractivity contribution in [2.75, 3.05) is 62.3 Å². The Bertz CT molecular complexity index is 816. The standard InChI is InChI=1S/C18H22ClN5O2S/c1-13-15(27-18(21-13)24-9-11-26-12-10-24)17(25)23-7-5-22(6-8-23)16-14(19)3-2-4-20-16/h2-4H,5-12H2,1H3. The Hall–Kier alpha value is -1.90. The summed E-state index contributed by atoms with van der Waals surface area (Å²) in [4.78, 5) is 29.0. The van der Waals surface area contributed by atoms with E-state index in [4.69, 9.17) is 16.3 Å². The van der Waals surface area contributed by atoms with E-state index < -0.39 is 0 Å². The SMILES string of the molecule is Cc1nc(N2CCOCC2)sc1C(=O)N1CCN(c2ncccc2Cl)CC1. The Morgan fingerprint density at radius 1 is 1.15 bits per heavy atom. The summed E-state index contributed by atoms with van der Waals surface area (Å²) in [5.41, 5.74) is 0.807. The van der Waals surface area contributed by atoms with Crippen LogP contribution in [-0.4, -0.2) is 73.3 Å². The molecule has 7 nitrogen and oxygen atoms in total. The summed E-state index contributed by atoms with van der Waals surface area (Å²) in [5.74, 6) is 0.853. The van der Waals surface area contributed by atoms with Gasteiger partial charge < -0.3 is 19.4 Å². The van der Waals surface area contributed by atoms with Gasteiger partial charge in [0.15, 0.2) is 5.13 Å². The van der Waals surface area contributed by atoms with E-state index in [0.29, 0.717) is 31.3 Å². The molecule has 2 saturated heterocycles. The summed E-state index contributed by atoms with van der Waals surface area (Å²) >= 11 is 7.73. The van der Waals surface area contributed by atoms with Crippen molar-refractivity contribution >= 4 is 39.8 Å². The van der Waals surface area contributed by atoms with Crippen molar-refractivity contribution in [1.82, 2.24) is 14.9 Å². The average molecular weight is 408 g/mol. The minimum absolute atomic E-state index is 0.0660. The molecule has 0 bridgehead atoms. The molecule has 2 aromatic heterocycles. The number of nitrogens with zero attached hydrogens (tertiary/aromatic N) is 5. The number of aromatic nitrogens is 2. The van der Waals surface area contributed by atoms with Gasteiger partial charge in [-0.25, -0.2) is 9.97 Å². The van der Waals surface area contributed by atoms with Crippen LogP contribution in [0.2, 0.25) is 5.02 Å². The normalized spacial score (nSPS) is 18.1. The Labute approximate surface area is 167 Å². The maximum Gasteiger partial charge on any atom is 0.266 e. The number of thiazole rings is 1. The van der Waals surface area contributed by atoms with Crippen LogP contribution < -0.4 is 9.80 Å². The van der Waals surface area contributed by atoms with Crippen LogP contribution in [-0.2, 0) is 4.74 Å². The maximum atomic E-state index is 13.0. The second-order valence-electron chi connectivity index (χ2n) is 6.60. The van der Waals surface area contributed by atoms with Gasteiger partial charge >= 0.3 is 0 Å². The van der Waals surface area contributed by atoms with Crippen molar-refractivity contribution in [2.24, 2.45) is 0 Å². The van der Waals surface area contributed by atoms with Crippen LogP contribution in [0.25, 0.3) is 0 Å². The lowest BCUT2D eigenvalue weighted by atomic mass is 10.2. The Kier molecular flexibility index (Phi) is 5.47. The molecule has 1 amide bonds. The van der Waals surface area contributed by atoms with Gasteiger partial charge in [0.05, 0.1) is 23.9 Å². The zero-order chi connectivity index (χ0) is 18.8. The molecule has 0 aromatic carbocycles. The zero-order valence-corrected chi connectivity index (χ0v) is 16.8. The van der Waals surface area contributed by atoms with E-state index in [-0.39, 0.29) is 5.91 Å². The van der Waals surface area contributed by atoms with Crippen LogP contribution in [0, 0.1) is 6.92 Å². The lowest BCUT2D eigenvalue weighted by Gasteiger charge is -2.35. The number of aryl methyl sites for hydroxylation is 1. The number of hydrogen-bond acceptors (Lipinski definition) is 7. The zero-order valence-electron chi connectivity index (χ0n) is 15.2. The highest BCUT2D eigenvalue weighted by atomic mass is 35.5. The monoisotopic (exact) mass is 407 g/mol. The van der Waals surface area contributed by atoms with E-state index in [0.717, 1.165) is 47.7 Å². The number of halogens is 1. The van der Waals surface area contributed by atoms with Gasteiger partial charge in [-0.1, -0.05) is 22.9 Å². The summed E-state index contributed by atoms with van der Waals surface area (Å²) in [6, 6.07) is 3.67. The number of piperazine rings is 1. The van der Waals surface area contributed by atoms with E-state index >= 15 is 0 Å². The van der Waals surface area contributed by atoms with Crippen LogP contribution in [0.5, 0.6) is 0 Å². The highest BCUT2D eigenvalue weighted by Gasteiger charge is 2.27.